The molecule has 1 aliphatic rings. The minimum atomic E-state index is -4.10. The van der Waals surface area contributed by atoms with Crippen LogP contribution in [0.5, 0.6) is 0 Å². The summed E-state index contributed by atoms with van der Waals surface area (Å²) in [6, 6.07) is 10.4. The van der Waals surface area contributed by atoms with Gasteiger partial charge in [-0.1, -0.05) is 18.2 Å². The quantitative estimate of drug-likeness (QED) is 0.382. The topological polar surface area (TPSA) is 113 Å². The van der Waals surface area contributed by atoms with E-state index < -0.39 is 21.7 Å². The first-order chi connectivity index (χ1) is 16.1. The highest BCUT2D eigenvalue weighted by atomic mass is 32.2. The Morgan fingerprint density at radius 3 is 2.76 bits per heavy atom. The summed E-state index contributed by atoms with van der Waals surface area (Å²) in [5, 5.41) is 18.8. The highest BCUT2D eigenvalue weighted by molar-refractivity contribution is 7.92. The summed E-state index contributed by atoms with van der Waals surface area (Å²) in [6.07, 6.45) is 6.29. The number of nitrogens with zero attached hydrogens (tertiary/aromatic N) is 2. The third kappa shape index (κ3) is 4.20. The maximum absolute atomic E-state index is 12.9. The van der Waals surface area contributed by atoms with Gasteiger partial charge in [0.1, 0.15) is 4.21 Å². The molecule has 0 aliphatic heterocycles. The summed E-state index contributed by atoms with van der Waals surface area (Å²) in [4.78, 5) is 12.9. The summed E-state index contributed by atoms with van der Waals surface area (Å²) < 4.78 is 29.5. The SMILES string of the molecule is CC(C)(O)c1csc(S(=O)(=O)NC(=O)Nc2c(-c3ccc4ccnn4c3)ccc3c2CCC3)c1. The molecule has 2 amide bonds. The van der Waals surface area contributed by atoms with E-state index in [2.05, 4.69) is 21.2 Å². The lowest BCUT2D eigenvalue weighted by atomic mass is 9.98. The standard InChI is InChI=1S/C24H24N4O4S2/c1-24(2,30)17-12-21(33-14-17)34(31,32)27-23(29)26-22-19-5-3-4-15(19)7-9-20(22)16-6-8-18-10-11-25-28(18)13-16/h6-14,30H,3-5H2,1-2H3,(H2,26,27,29). The maximum Gasteiger partial charge on any atom is 0.333 e. The summed E-state index contributed by atoms with van der Waals surface area (Å²) in [5.41, 5.74) is 4.67. The Morgan fingerprint density at radius 2 is 2.00 bits per heavy atom. The van der Waals surface area contributed by atoms with Crippen molar-refractivity contribution in [3.8, 4) is 11.1 Å². The number of rotatable bonds is 5. The lowest BCUT2D eigenvalue weighted by Crippen LogP contribution is -2.34. The van der Waals surface area contributed by atoms with Gasteiger partial charge in [0.25, 0.3) is 10.0 Å². The molecule has 0 atom stereocenters. The van der Waals surface area contributed by atoms with Crippen molar-refractivity contribution in [3.05, 3.63) is 70.9 Å². The molecule has 3 N–H and O–H groups in total. The lowest BCUT2D eigenvalue weighted by Gasteiger charge is -2.17. The molecule has 0 saturated carbocycles. The minimum Gasteiger partial charge on any atom is -0.386 e. The third-order valence-electron chi connectivity index (χ3n) is 6.00. The number of thiophene rings is 1. The van der Waals surface area contributed by atoms with Crippen LogP contribution in [0.2, 0.25) is 0 Å². The average molecular weight is 497 g/mol. The number of carbonyl (C=O) groups excluding carboxylic acids is 1. The number of fused-ring (bicyclic) bond motifs is 2. The zero-order chi connectivity index (χ0) is 24.1. The van der Waals surface area contributed by atoms with Gasteiger partial charge in [-0.3, -0.25) is 0 Å². The van der Waals surface area contributed by atoms with Gasteiger partial charge < -0.3 is 10.4 Å². The van der Waals surface area contributed by atoms with Gasteiger partial charge in [-0.15, -0.1) is 11.3 Å². The van der Waals surface area contributed by atoms with Gasteiger partial charge in [-0.05, 0) is 73.4 Å². The van der Waals surface area contributed by atoms with E-state index in [9.17, 15) is 18.3 Å². The molecular weight excluding hydrogens is 472 g/mol. The molecule has 0 fully saturated rings. The molecule has 1 aromatic carbocycles. The van der Waals surface area contributed by atoms with Crippen LogP contribution >= 0.6 is 11.3 Å². The molecule has 1 aliphatic carbocycles. The van der Waals surface area contributed by atoms with E-state index in [0.717, 1.165) is 58.4 Å². The van der Waals surface area contributed by atoms with Gasteiger partial charge in [0, 0.05) is 23.5 Å². The van der Waals surface area contributed by atoms with Crippen molar-refractivity contribution in [2.45, 2.75) is 42.9 Å². The van der Waals surface area contributed by atoms with Gasteiger partial charge in [0.15, 0.2) is 0 Å². The second-order valence-electron chi connectivity index (χ2n) is 8.87. The van der Waals surface area contributed by atoms with Gasteiger partial charge in [0.2, 0.25) is 0 Å². The van der Waals surface area contributed by atoms with E-state index in [1.54, 1.807) is 29.9 Å². The summed E-state index contributed by atoms with van der Waals surface area (Å²) in [7, 11) is -4.10. The zero-order valence-corrected chi connectivity index (χ0v) is 20.3. The van der Waals surface area contributed by atoms with Crippen LogP contribution in [0.4, 0.5) is 10.5 Å². The predicted octanol–water partition coefficient (Wildman–Crippen LogP) is 4.29. The normalized spacial score (nSPS) is 13.7. The number of amides is 2. The number of aromatic nitrogens is 2. The van der Waals surface area contributed by atoms with E-state index in [0.29, 0.717) is 11.3 Å². The molecule has 10 heteroatoms. The monoisotopic (exact) mass is 496 g/mol. The molecule has 0 radical (unpaired) electrons. The Kier molecular flexibility index (Phi) is 5.46. The zero-order valence-electron chi connectivity index (χ0n) is 18.7. The molecule has 8 nitrogen and oxygen atoms in total. The van der Waals surface area contributed by atoms with Crippen molar-refractivity contribution in [1.29, 1.82) is 0 Å². The van der Waals surface area contributed by atoms with Crippen molar-refractivity contribution in [2.24, 2.45) is 0 Å². The fourth-order valence-corrected chi connectivity index (χ4v) is 6.46. The number of hydrogen-bond donors (Lipinski definition) is 3. The minimum absolute atomic E-state index is 0.0394. The highest BCUT2D eigenvalue weighted by Gasteiger charge is 2.26. The number of anilines is 1. The van der Waals surface area contributed by atoms with Crippen LogP contribution in [0.25, 0.3) is 16.6 Å². The van der Waals surface area contributed by atoms with Crippen molar-refractivity contribution in [1.82, 2.24) is 14.3 Å². The number of hydrogen-bond acceptors (Lipinski definition) is 6. The highest BCUT2D eigenvalue weighted by Crippen LogP contribution is 2.37. The number of aliphatic hydroxyl groups is 1. The van der Waals surface area contributed by atoms with Crippen molar-refractivity contribution in [2.75, 3.05) is 5.32 Å². The Bertz CT molecular complexity index is 1510. The number of pyridine rings is 1. The Morgan fingerprint density at radius 1 is 1.18 bits per heavy atom. The molecule has 34 heavy (non-hydrogen) atoms. The number of nitrogens with one attached hydrogen (secondary N) is 2. The number of benzene rings is 1. The van der Waals surface area contributed by atoms with Crippen molar-refractivity contribution >= 4 is 38.6 Å². The Hall–Kier alpha value is -3.21. The van der Waals surface area contributed by atoms with Crippen LogP contribution in [0, 0.1) is 0 Å². The molecule has 0 spiro atoms. The van der Waals surface area contributed by atoms with E-state index >= 15 is 0 Å². The van der Waals surface area contributed by atoms with Crippen LogP contribution in [0.1, 0.15) is 37.0 Å². The van der Waals surface area contributed by atoms with Gasteiger partial charge in [0.05, 0.1) is 16.8 Å². The molecule has 176 valence electrons. The fraction of sp³-hybridized carbons (Fsp3) is 0.250. The van der Waals surface area contributed by atoms with E-state index in [1.165, 1.54) is 6.07 Å². The van der Waals surface area contributed by atoms with E-state index in [1.807, 2.05) is 30.5 Å². The first kappa shape index (κ1) is 22.6. The van der Waals surface area contributed by atoms with Crippen molar-refractivity contribution in [3.63, 3.8) is 0 Å². The summed E-state index contributed by atoms with van der Waals surface area (Å²) in [5.74, 6) is 0. The van der Waals surface area contributed by atoms with Crippen LogP contribution < -0.4 is 10.0 Å². The number of sulfonamides is 1. The third-order valence-corrected chi connectivity index (χ3v) is 8.77. The van der Waals surface area contributed by atoms with Crippen LogP contribution in [0.3, 0.4) is 0 Å². The van der Waals surface area contributed by atoms with Crippen LogP contribution in [-0.4, -0.2) is 29.2 Å². The summed E-state index contributed by atoms with van der Waals surface area (Å²) in [6.45, 7) is 3.15. The smallest absolute Gasteiger partial charge is 0.333 e. The molecule has 0 saturated heterocycles. The second-order valence-corrected chi connectivity index (χ2v) is 11.7. The molecule has 5 rings (SSSR count). The summed E-state index contributed by atoms with van der Waals surface area (Å²) >= 11 is 0.954. The first-order valence-corrected chi connectivity index (χ1v) is 13.2. The second kappa shape index (κ2) is 8.23. The fourth-order valence-electron chi connectivity index (χ4n) is 4.21. The van der Waals surface area contributed by atoms with Crippen molar-refractivity contribution < 1.29 is 18.3 Å². The first-order valence-electron chi connectivity index (χ1n) is 10.9. The Labute approximate surface area is 201 Å². The van der Waals surface area contributed by atoms with Crippen LogP contribution in [0.15, 0.2) is 58.4 Å². The lowest BCUT2D eigenvalue weighted by molar-refractivity contribution is 0.0789. The molecule has 3 aromatic heterocycles. The van der Waals surface area contributed by atoms with Gasteiger partial charge in [-0.2, -0.15) is 5.10 Å². The van der Waals surface area contributed by atoms with E-state index in [4.69, 9.17) is 0 Å². The molecular formula is C24H24N4O4S2. The molecule has 3 heterocycles. The van der Waals surface area contributed by atoms with Gasteiger partial charge >= 0.3 is 6.03 Å². The van der Waals surface area contributed by atoms with E-state index in [-0.39, 0.29) is 4.21 Å². The molecule has 0 unspecified atom stereocenters. The maximum atomic E-state index is 12.9. The number of aryl methyl sites for hydroxylation is 1. The largest absolute Gasteiger partial charge is 0.386 e. The van der Waals surface area contributed by atoms with Gasteiger partial charge in [-0.25, -0.2) is 22.4 Å². The number of carbonyl (C=O) groups is 1. The number of urea groups is 1. The van der Waals surface area contributed by atoms with Crippen LogP contribution in [-0.2, 0) is 28.5 Å². The average Bonchev–Trinajstić information content (AvgIpc) is 3.52. The Balaban J connectivity index is 1.46. The molecule has 0 bridgehead atoms. The predicted molar refractivity (Wildman–Crippen MR) is 132 cm³/mol. The molecule has 4 aromatic rings.